The van der Waals surface area contributed by atoms with E-state index in [4.69, 9.17) is 17.0 Å². The summed E-state index contributed by atoms with van der Waals surface area (Å²) in [6.45, 7) is 6.65. The van der Waals surface area contributed by atoms with Gasteiger partial charge in [0.1, 0.15) is 12.4 Å². The summed E-state index contributed by atoms with van der Waals surface area (Å²) in [5.41, 5.74) is 2.02. The fourth-order valence-corrected chi connectivity index (χ4v) is 2.74. The molecule has 0 aliphatic carbocycles. The van der Waals surface area contributed by atoms with E-state index in [1.807, 2.05) is 24.3 Å². The second-order valence-corrected chi connectivity index (χ2v) is 7.80. The Kier molecular flexibility index (Phi) is 5.88. The molecule has 1 heterocycles. The lowest BCUT2D eigenvalue weighted by Crippen LogP contribution is -2.10. The highest BCUT2D eigenvalue weighted by molar-refractivity contribution is 7.71. The van der Waals surface area contributed by atoms with Crippen LogP contribution >= 0.6 is 12.2 Å². The van der Waals surface area contributed by atoms with Gasteiger partial charge in [-0.05, 0) is 53.0 Å². The molecule has 150 valence electrons. The molecule has 0 spiro atoms. The van der Waals surface area contributed by atoms with Crippen molar-refractivity contribution in [2.24, 2.45) is 5.10 Å². The summed E-state index contributed by atoms with van der Waals surface area (Å²) in [5.74, 6) is 1.23. The maximum Gasteiger partial charge on any atom is 0.269 e. The van der Waals surface area contributed by atoms with Crippen molar-refractivity contribution < 1.29 is 9.66 Å². The lowest BCUT2D eigenvalue weighted by atomic mass is 9.87. The van der Waals surface area contributed by atoms with E-state index in [1.54, 1.807) is 18.3 Å². The molecule has 0 amide bonds. The normalized spacial score (nSPS) is 11.7. The first-order chi connectivity index (χ1) is 13.7. The second-order valence-electron chi connectivity index (χ2n) is 7.41. The van der Waals surface area contributed by atoms with Gasteiger partial charge in [-0.25, -0.2) is 5.10 Å². The standard InChI is InChI=1S/C20H21N5O3S/c1-20(2,3)15-6-10-17(11-7-15)28-13-18-22-23-19(29)24(18)21-12-14-4-8-16(9-5-14)25(26)27/h4-12H,13H2,1-3H3,(H,23,29)/b21-12-. The minimum Gasteiger partial charge on any atom is -0.486 e. The topological polar surface area (TPSA) is 98.3 Å². The number of nitrogens with zero attached hydrogens (tertiary/aromatic N) is 4. The monoisotopic (exact) mass is 411 g/mol. The van der Waals surface area contributed by atoms with Crippen LogP contribution in [0.3, 0.4) is 0 Å². The average Bonchev–Trinajstić information content (AvgIpc) is 3.04. The summed E-state index contributed by atoms with van der Waals surface area (Å²) in [5, 5.41) is 21.9. The number of non-ortho nitro benzene ring substituents is 1. The molecule has 0 radical (unpaired) electrons. The van der Waals surface area contributed by atoms with Gasteiger partial charge >= 0.3 is 0 Å². The zero-order valence-corrected chi connectivity index (χ0v) is 17.1. The van der Waals surface area contributed by atoms with Gasteiger partial charge in [0, 0.05) is 12.1 Å². The first kappa shape index (κ1) is 20.4. The van der Waals surface area contributed by atoms with E-state index in [9.17, 15) is 10.1 Å². The van der Waals surface area contributed by atoms with Crippen LogP contribution in [-0.4, -0.2) is 26.0 Å². The smallest absolute Gasteiger partial charge is 0.269 e. The third-order valence-corrected chi connectivity index (χ3v) is 4.50. The highest BCUT2D eigenvalue weighted by Gasteiger charge is 2.13. The third kappa shape index (κ3) is 5.14. The molecular weight excluding hydrogens is 390 g/mol. The summed E-state index contributed by atoms with van der Waals surface area (Å²) in [7, 11) is 0. The van der Waals surface area contributed by atoms with Gasteiger partial charge in [-0.2, -0.15) is 14.9 Å². The van der Waals surface area contributed by atoms with Crippen molar-refractivity contribution in [3.05, 3.63) is 80.4 Å². The van der Waals surface area contributed by atoms with Crippen molar-refractivity contribution >= 4 is 24.1 Å². The number of nitro benzene ring substituents is 1. The van der Waals surface area contributed by atoms with Crippen molar-refractivity contribution in [2.75, 3.05) is 0 Å². The third-order valence-electron chi connectivity index (χ3n) is 4.23. The molecule has 1 aromatic heterocycles. The van der Waals surface area contributed by atoms with Crippen LogP contribution in [0.5, 0.6) is 5.75 Å². The van der Waals surface area contributed by atoms with Gasteiger partial charge in [-0.3, -0.25) is 10.1 Å². The van der Waals surface area contributed by atoms with Crippen LogP contribution in [0.25, 0.3) is 0 Å². The number of nitrogens with one attached hydrogen (secondary N) is 1. The number of ether oxygens (including phenoxy) is 1. The highest BCUT2D eigenvalue weighted by Crippen LogP contribution is 2.24. The lowest BCUT2D eigenvalue weighted by Gasteiger charge is -2.19. The Morgan fingerprint density at radius 2 is 1.86 bits per heavy atom. The molecule has 1 N–H and O–H groups in total. The lowest BCUT2D eigenvalue weighted by molar-refractivity contribution is -0.384. The molecule has 0 saturated carbocycles. The zero-order chi connectivity index (χ0) is 21.0. The Morgan fingerprint density at radius 3 is 2.45 bits per heavy atom. The van der Waals surface area contributed by atoms with Gasteiger partial charge in [-0.1, -0.05) is 32.9 Å². The number of H-pyrrole nitrogens is 1. The van der Waals surface area contributed by atoms with Gasteiger partial charge in [0.2, 0.25) is 4.77 Å². The first-order valence-electron chi connectivity index (χ1n) is 8.92. The molecule has 3 rings (SSSR count). The molecule has 0 aliphatic rings. The van der Waals surface area contributed by atoms with Gasteiger partial charge in [-0.15, -0.1) is 0 Å². The molecule has 0 fully saturated rings. The molecule has 2 aromatic carbocycles. The molecule has 0 bridgehead atoms. The number of aromatic nitrogens is 3. The molecule has 0 aliphatic heterocycles. The predicted octanol–water partition coefficient (Wildman–Crippen LogP) is 4.61. The number of aromatic amines is 1. The SMILES string of the molecule is CC(C)(C)c1ccc(OCc2n[nH]c(=S)n2/N=C\c2ccc([N+](=O)[O-])cc2)cc1. The van der Waals surface area contributed by atoms with Crippen LogP contribution in [0.4, 0.5) is 5.69 Å². The largest absolute Gasteiger partial charge is 0.486 e. The number of hydrogen-bond acceptors (Lipinski definition) is 6. The molecule has 3 aromatic rings. The van der Waals surface area contributed by atoms with Crippen LogP contribution in [0, 0.1) is 14.9 Å². The summed E-state index contributed by atoms with van der Waals surface area (Å²) in [4.78, 5) is 10.3. The van der Waals surface area contributed by atoms with E-state index in [0.717, 1.165) is 5.75 Å². The minimum atomic E-state index is -0.448. The Bertz CT molecular complexity index is 1080. The van der Waals surface area contributed by atoms with Crippen molar-refractivity contribution in [1.82, 2.24) is 14.9 Å². The number of rotatable bonds is 6. The Balaban J connectivity index is 1.71. The predicted molar refractivity (Wildman–Crippen MR) is 113 cm³/mol. The van der Waals surface area contributed by atoms with E-state index in [2.05, 4.69) is 36.1 Å². The summed E-state index contributed by atoms with van der Waals surface area (Å²) in [6, 6.07) is 14.0. The fraction of sp³-hybridized carbons (Fsp3) is 0.250. The van der Waals surface area contributed by atoms with Crippen LogP contribution in [0.2, 0.25) is 0 Å². The first-order valence-corrected chi connectivity index (χ1v) is 9.33. The molecular formula is C20H21N5O3S. The molecule has 0 atom stereocenters. The van der Waals surface area contributed by atoms with Crippen molar-refractivity contribution in [3.8, 4) is 5.75 Å². The van der Waals surface area contributed by atoms with Crippen molar-refractivity contribution in [2.45, 2.75) is 32.8 Å². The maximum atomic E-state index is 10.7. The Labute approximate surface area is 173 Å². The molecule has 9 heteroatoms. The van der Waals surface area contributed by atoms with Crippen LogP contribution < -0.4 is 4.74 Å². The van der Waals surface area contributed by atoms with E-state index in [-0.39, 0.29) is 17.7 Å². The minimum absolute atomic E-state index is 0.0219. The molecule has 0 saturated heterocycles. The van der Waals surface area contributed by atoms with Crippen molar-refractivity contribution in [1.29, 1.82) is 0 Å². The van der Waals surface area contributed by atoms with Crippen molar-refractivity contribution in [3.63, 3.8) is 0 Å². The second kappa shape index (κ2) is 8.36. The van der Waals surface area contributed by atoms with E-state index in [0.29, 0.717) is 16.2 Å². The molecule has 8 nitrogen and oxygen atoms in total. The number of hydrogen-bond donors (Lipinski definition) is 1. The zero-order valence-electron chi connectivity index (χ0n) is 16.3. The van der Waals surface area contributed by atoms with E-state index < -0.39 is 4.92 Å². The van der Waals surface area contributed by atoms with Gasteiger partial charge < -0.3 is 4.74 Å². The van der Waals surface area contributed by atoms with Gasteiger partial charge in [0.05, 0.1) is 11.1 Å². The molecule has 29 heavy (non-hydrogen) atoms. The molecule has 0 unspecified atom stereocenters. The number of nitro groups is 1. The van der Waals surface area contributed by atoms with E-state index in [1.165, 1.54) is 22.4 Å². The number of benzene rings is 2. The maximum absolute atomic E-state index is 10.7. The van der Waals surface area contributed by atoms with Crippen LogP contribution in [0.1, 0.15) is 37.7 Å². The van der Waals surface area contributed by atoms with E-state index >= 15 is 0 Å². The Morgan fingerprint density at radius 1 is 1.21 bits per heavy atom. The average molecular weight is 411 g/mol. The van der Waals surface area contributed by atoms with Gasteiger partial charge in [0.15, 0.2) is 5.82 Å². The summed E-state index contributed by atoms with van der Waals surface area (Å²) >= 11 is 5.22. The van der Waals surface area contributed by atoms with Crippen LogP contribution in [0.15, 0.2) is 53.6 Å². The van der Waals surface area contributed by atoms with Crippen LogP contribution in [-0.2, 0) is 12.0 Å². The van der Waals surface area contributed by atoms with Gasteiger partial charge in [0.25, 0.3) is 5.69 Å². The fourth-order valence-electron chi connectivity index (χ4n) is 2.54. The summed E-state index contributed by atoms with van der Waals surface area (Å²) < 4.78 is 7.59. The Hall–Kier alpha value is -3.33. The quantitative estimate of drug-likeness (QED) is 0.276. The summed E-state index contributed by atoms with van der Waals surface area (Å²) in [6.07, 6.45) is 1.55. The highest BCUT2D eigenvalue weighted by atomic mass is 32.1.